The zero-order chi connectivity index (χ0) is 26.8. The van der Waals surface area contributed by atoms with Crippen LogP contribution < -0.4 is 16.4 Å². The average molecular weight is 522 g/mol. The van der Waals surface area contributed by atoms with Crippen LogP contribution in [0.4, 0.5) is 10.6 Å². The van der Waals surface area contributed by atoms with Crippen LogP contribution in [0.2, 0.25) is 0 Å². The summed E-state index contributed by atoms with van der Waals surface area (Å²) in [6.07, 6.45) is 17.6. The highest BCUT2D eigenvalue weighted by Gasteiger charge is 2.29. The second-order valence-electron chi connectivity index (χ2n) is 10.6. The molecule has 3 aliphatic rings. The lowest BCUT2D eigenvalue weighted by Gasteiger charge is -2.28. The second-order valence-corrected chi connectivity index (χ2v) is 10.6. The van der Waals surface area contributed by atoms with Gasteiger partial charge in [0.05, 0.1) is 5.70 Å². The Bertz CT molecular complexity index is 1490. The summed E-state index contributed by atoms with van der Waals surface area (Å²) in [5, 5.41) is 5.81. The summed E-state index contributed by atoms with van der Waals surface area (Å²) in [6.45, 7) is 3.27. The van der Waals surface area contributed by atoms with E-state index in [1.54, 1.807) is 6.20 Å². The summed E-state index contributed by atoms with van der Waals surface area (Å²) >= 11 is 0. The van der Waals surface area contributed by atoms with Gasteiger partial charge < -0.3 is 16.4 Å². The van der Waals surface area contributed by atoms with Crippen molar-refractivity contribution in [1.29, 1.82) is 0 Å². The van der Waals surface area contributed by atoms with Crippen molar-refractivity contribution in [2.24, 2.45) is 16.8 Å². The minimum atomic E-state index is -0.0866. The highest BCUT2D eigenvalue weighted by atomic mass is 16.2. The van der Waals surface area contributed by atoms with Crippen molar-refractivity contribution in [3.8, 4) is 0 Å². The SMILES string of the molecule is CCNC(=O)NCC1CCC(c2nc(C3=CC4=NC(c5ccccc5)=CCC4C=C3)c3c(N)nccn23)CC1. The van der Waals surface area contributed by atoms with Crippen LogP contribution in [0.25, 0.3) is 16.8 Å². The quantitative estimate of drug-likeness (QED) is 0.406. The molecule has 0 bridgehead atoms. The third kappa shape index (κ3) is 5.11. The first kappa shape index (κ1) is 25.1. The number of hydrogen-bond donors (Lipinski definition) is 3. The summed E-state index contributed by atoms with van der Waals surface area (Å²) < 4.78 is 2.13. The van der Waals surface area contributed by atoms with E-state index in [1.165, 1.54) is 0 Å². The van der Waals surface area contributed by atoms with Crippen molar-refractivity contribution in [2.75, 3.05) is 18.8 Å². The molecule has 1 unspecified atom stereocenters. The summed E-state index contributed by atoms with van der Waals surface area (Å²) in [5.74, 6) is 2.61. The predicted octanol–water partition coefficient (Wildman–Crippen LogP) is 5.36. The number of rotatable bonds is 6. The first-order valence-corrected chi connectivity index (χ1v) is 14.0. The number of amides is 2. The standard InChI is InChI=1S/C31H35N7O/c1-2-33-31(39)35-19-20-8-10-23(11-9-20)30-37-27(28-29(32)34-16-17-38(28)30)24-13-12-22-14-15-25(36-26(22)18-24)21-6-4-3-5-7-21/h3-7,12-13,15-18,20,22-23H,2,8-11,14,19H2,1H3,(H2,32,34)(H2,33,35,39). The fourth-order valence-electron chi connectivity index (χ4n) is 5.97. The van der Waals surface area contributed by atoms with Crippen LogP contribution >= 0.6 is 0 Å². The highest BCUT2D eigenvalue weighted by molar-refractivity contribution is 6.10. The monoisotopic (exact) mass is 521 g/mol. The van der Waals surface area contributed by atoms with Crippen molar-refractivity contribution >= 4 is 34.3 Å². The van der Waals surface area contributed by atoms with E-state index in [-0.39, 0.29) is 11.9 Å². The van der Waals surface area contributed by atoms with Gasteiger partial charge in [-0.2, -0.15) is 0 Å². The molecular weight excluding hydrogens is 486 g/mol. The highest BCUT2D eigenvalue weighted by Crippen LogP contribution is 2.39. The number of aromatic nitrogens is 3. The molecule has 4 N–H and O–H groups in total. The van der Waals surface area contributed by atoms with Gasteiger partial charge >= 0.3 is 6.03 Å². The number of carbonyl (C=O) groups excluding carboxylic acids is 1. The van der Waals surface area contributed by atoms with Gasteiger partial charge in [0.25, 0.3) is 0 Å². The summed E-state index contributed by atoms with van der Waals surface area (Å²) in [7, 11) is 0. The van der Waals surface area contributed by atoms with E-state index in [9.17, 15) is 4.79 Å². The number of anilines is 1. The number of nitrogens with zero attached hydrogens (tertiary/aromatic N) is 4. The molecule has 6 rings (SSSR count). The van der Waals surface area contributed by atoms with Crippen LogP contribution in [0, 0.1) is 11.8 Å². The van der Waals surface area contributed by atoms with Crippen LogP contribution in [-0.2, 0) is 0 Å². The number of aliphatic imine (C=N–C) groups is 1. The largest absolute Gasteiger partial charge is 0.382 e. The Kier molecular flexibility index (Phi) is 7.00. The molecule has 0 spiro atoms. The molecule has 8 nitrogen and oxygen atoms in total. The third-order valence-corrected chi connectivity index (χ3v) is 8.06. The molecule has 0 radical (unpaired) electrons. The first-order chi connectivity index (χ1) is 19.1. The molecule has 2 aromatic heterocycles. The molecule has 1 aliphatic heterocycles. The molecule has 1 aromatic carbocycles. The number of allylic oxidation sites excluding steroid dienone is 5. The summed E-state index contributed by atoms with van der Waals surface area (Å²) in [5.41, 5.74) is 12.4. The van der Waals surface area contributed by atoms with Gasteiger partial charge in [-0.15, -0.1) is 0 Å². The number of nitrogen functional groups attached to an aromatic ring is 1. The van der Waals surface area contributed by atoms with Crippen molar-refractivity contribution in [3.63, 3.8) is 0 Å². The van der Waals surface area contributed by atoms with Crippen LogP contribution in [0.15, 0.2) is 72.0 Å². The lowest BCUT2D eigenvalue weighted by molar-refractivity contribution is 0.235. The van der Waals surface area contributed by atoms with E-state index in [4.69, 9.17) is 15.7 Å². The number of urea groups is 1. The minimum Gasteiger partial charge on any atom is -0.382 e. The van der Waals surface area contributed by atoms with Gasteiger partial charge in [-0.05, 0) is 56.6 Å². The fraction of sp³-hybridized carbons (Fsp3) is 0.355. The number of imidazole rings is 1. The molecule has 3 heterocycles. The molecule has 1 fully saturated rings. The molecule has 2 aliphatic carbocycles. The Morgan fingerprint density at radius 1 is 1.13 bits per heavy atom. The number of nitrogens with two attached hydrogens (primary N) is 1. The van der Waals surface area contributed by atoms with Gasteiger partial charge in [0.15, 0.2) is 0 Å². The molecule has 1 saturated carbocycles. The van der Waals surface area contributed by atoms with E-state index in [2.05, 4.69) is 56.5 Å². The lowest BCUT2D eigenvalue weighted by Crippen LogP contribution is -2.38. The van der Waals surface area contributed by atoms with Gasteiger partial charge in [-0.25, -0.2) is 14.8 Å². The molecule has 39 heavy (non-hydrogen) atoms. The number of benzene rings is 1. The van der Waals surface area contributed by atoms with Gasteiger partial charge in [0.2, 0.25) is 0 Å². The lowest BCUT2D eigenvalue weighted by atomic mass is 9.81. The number of fused-ring (bicyclic) bond motifs is 2. The van der Waals surface area contributed by atoms with Crippen molar-refractivity contribution in [2.45, 2.75) is 44.9 Å². The maximum absolute atomic E-state index is 11.8. The number of nitrogens with one attached hydrogen (secondary N) is 2. The average Bonchev–Trinajstić information content (AvgIpc) is 3.37. The van der Waals surface area contributed by atoms with E-state index in [0.29, 0.717) is 30.7 Å². The van der Waals surface area contributed by atoms with Gasteiger partial charge in [-0.1, -0.05) is 48.6 Å². The third-order valence-electron chi connectivity index (χ3n) is 8.06. The maximum atomic E-state index is 11.8. The summed E-state index contributed by atoms with van der Waals surface area (Å²) in [6, 6.07) is 10.2. The molecule has 1 atom stereocenters. The van der Waals surface area contributed by atoms with E-state index in [0.717, 1.165) is 71.7 Å². The molecule has 3 aromatic rings. The van der Waals surface area contributed by atoms with E-state index in [1.807, 2.05) is 31.3 Å². The maximum Gasteiger partial charge on any atom is 0.314 e. The predicted molar refractivity (Wildman–Crippen MR) is 156 cm³/mol. The molecule has 2 amide bonds. The second kappa shape index (κ2) is 10.9. The van der Waals surface area contributed by atoms with Crippen LogP contribution in [0.1, 0.15) is 62.0 Å². The Morgan fingerprint density at radius 2 is 1.95 bits per heavy atom. The van der Waals surface area contributed by atoms with Gasteiger partial charge in [0.1, 0.15) is 22.9 Å². The fourth-order valence-corrected chi connectivity index (χ4v) is 5.97. The number of carbonyl (C=O) groups is 1. The Balaban J connectivity index is 1.26. The normalized spacial score (nSPS) is 22.5. The zero-order valence-electron chi connectivity index (χ0n) is 22.3. The Morgan fingerprint density at radius 3 is 2.74 bits per heavy atom. The Hall–Kier alpha value is -4.20. The van der Waals surface area contributed by atoms with Crippen molar-refractivity contribution < 1.29 is 4.79 Å². The van der Waals surface area contributed by atoms with Crippen LogP contribution in [0.5, 0.6) is 0 Å². The van der Waals surface area contributed by atoms with Crippen LogP contribution in [-0.4, -0.2) is 39.2 Å². The molecule has 0 saturated heterocycles. The molecule has 200 valence electrons. The van der Waals surface area contributed by atoms with E-state index < -0.39 is 0 Å². The van der Waals surface area contributed by atoms with Crippen molar-refractivity contribution in [1.82, 2.24) is 25.0 Å². The Labute approximate surface area is 228 Å². The first-order valence-electron chi connectivity index (χ1n) is 14.0. The zero-order valence-corrected chi connectivity index (χ0v) is 22.3. The molecular formula is C31H35N7O. The minimum absolute atomic E-state index is 0.0866. The van der Waals surface area contributed by atoms with Gasteiger partial charge in [0, 0.05) is 48.6 Å². The smallest absolute Gasteiger partial charge is 0.314 e. The summed E-state index contributed by atoms with van der Waals surface area (Å²) in [4.78, 5) is 26.5. The topological polar surface area (TPSA) is 110 Å². The van der Waals surface area contributed by atoms with Crippen molar-refractivity contribution in [3.05, 3.63) is 84.1 Å². The molecule has 8 heteroatoms. The van der Waals surface area contributed by atoms with Crippen LogP contribution in [0.3, 0.4) is 0 Å². The number of hydrogen-bond acceptors (Lipinski definition) is 5. The van der Waals surface area contributed by atoms with Gasteiger partial charge in [-0.3, -0.25) is 9.39 Å². The van der Waals surface area contributed by atoms with E-state index >= 15 is 0 Å².